The Morgan fingerprint density at radius 1 is 1.25 bits per heavy atom. The van der Waals surface area contributed by atoms with Crippen LogP contribution in [0.25, 0.3) is 11.1 Å². The number of rotatable bonds is 4. The van der Waals surface area contributed by atoms with Gasteiger partial charge in [0.2, 0.25) is 0 Å². The SMILES string of the molecule is CCn1nccc1C(=O)Nc1ccc(-c2cc3c(cc2Cl)OC(F)(F)O3)cn1. The van der Waals surface area contributed by atoms with Gasteiger partial charge in [-0.15, -0.1) is 8.78 Å². The van der Waals surface area contributed by atoms with E-state index in [0.717, 1.165) is 0 Å². The summed E-state index contributed by atoms with van der Waals surface area (Å²) in [5, 5.41) is 6.92. The fourth-order valence-electron chi connectivity index (χ4n) is 2.78. The number of aryl methyl sites for hydroxylation is 1. The first-order valence-corrected chi connectivity index (χ1v) is 8.63. The lowest BCUT2D eigenvalue weighted by atomic mass is 10.1. The molecular formula is C18H13ClF2N4O3. The maximum atomic E-state index is 13.2. The van der Waals surface area contributed by atoms with Crippen molar-refractivity contribution in [3.05, 3.63) is 53.4 Å². The molecule has 0 aliphatic carbocycles. The zero-order valence-corrected chi connectivity index (χ0v) is 15.2. The molecule has 1 aliphatic rings. The highest BCUT2D eigenvalue weighted by molar-refractivity contribution is 6.33. The highest BCUT2D eigenvalue weighted by Crippen LogP contribution is 2.45. The fourth-order valence-corrected chi connectivity index (χ4v) is 3.04. The van der Waals surface area contributed by atoms with Gasteiger partial charge in [-0.05, 0) is 31.2 Å². The second kappa shape index (κ2) is 6.75. The van der Waals surface area contributed by atoms with E-state index < -0.39 is 6.29 Å². The number of nitrogens with one attached hydrogen (secondary N) is 1. The molecule has 3 aromatic rings. The number of aromatic nitrogens is 3. The normalized spacial score (nSPS) is 14.1. The van der Waals surface area contributed by atoms with Crippen molar-refractivity contribution in [3.8, 4) is 22.6 Å². The molecule has 10 heteroatoms. The van der Waals surface area contributed by atoms with E-state index in [2.05, 4.69) is 24.9 Å². The zero-order valence-electron chi connectivity index (χ0n) is 14.4. The largest absolute Gasteiger partial charge is 0.586 e. The van der Waals surface area contributed by atoms with Crippen LogP contribution in [0.5, 0.6) is 11.5 Å². The van der Waals surface area contributed by atoms with Crippen LogP contribution in [0, 0.1) is 0 Å². The number of carbonyl (C=O) groups is 1. The smallest absolute Gasteiger partial charge is 0.395 e. The van der Waals surface area contributed by atoms with Gasteiger partial charge < -0.3 is 14.8 Å². The minimum Gasteiger partial charge on any atom is -0.395 e. The predicted octanol–water partition coefficient (Wildman–Crippen LogP) is 4.19. The molecule has 0 unspecified atom stereocenters. The number of hydrogen-bond donors (Lipinski definition) is 1. The Kier molecular flexibility index (Phi) is 4.38. The molecule has 28 heavy (non-hydrogen) atoms. The van der Waals surface area contributed by atoms with Gasteiger partial charge in [-0.3, -0.25) is 9.48 Å². The van der Waals surface area contributed by atoms with Gasteiger partial charge in [-0.1, -0.05) is 11.6 Å². The fraction of sp³-hybridized carbons (Fsp3) is 0.167. The third kappa shape index (κ3) is 3.36. The van der Waals surface area contributed by atoms with Crippen molar-refractivity contribution in [2.45, 2.75) is 19.8 Å². The molecule has 1 N–H and O–H groups in total. The molecule has 1 aromatic carbocycles. The molecule has 1 aliphatic heterocycles. The van der Waals surface area contributed by atoms with Gasteiger partial charge in [0.15, 0.2) is 11.5 Å². The molecule has 0 saturated heterocycles. The Morgan fingerprint density at radius 3 is 2.68 bits per heavy atom. The Morgan fingerprint density at radius 2 is 2.00 bits per heavy atom. The Labute approximate surface area is 162 Å². The van der Waals surface area contributed by atoms with E-state index in [1.54, 1.807) is 29.1 Å². The number of anilines is 1. The third-order valence-electron chi connectivity index (χ3n) is 4.06. The first-order chi connectivity index (χ1) is 13.4. The van der Waals surface area contributed by atoms with Crippen molar-refractivity contribution in [1.82, 2.24) is 14.8 Å². The molecule has 0 bridgehead atoms. The summed E-state index contributed by atoms with van der Waals surface area (Å²) in [5.41, 5.74) is 1.41. The van der Waals surface area contributed by atoms with E-state index in [-0.39, 0.29) is 22.4 Å². The topological polar surface area (TPSA) is 78.3 Å². The molecule has 144 valence electrons. The Hall–Kier alpha value is -3.20. The number of hydrogen-bond acceptors (Lipinski definition) is 5. The van der Waals surface area contributed by atoms with Gasteiger partial charge in [0.05, 0.1) is 5.02 Å². The lowest BCUT2D eigenvalue weighted by Gasteiger charge is -2.08. The maximum absolute atomic E-state index is 13.2. The number of benzene rings is 1. The lowest BCUT2D eigenvalue weighted by molar-refractivity contribution is -0.286. The molecule has 0 fully saturated rings. The summed E-state index contributed by atoms with van der Waals surface area (Å²) < 4.78 is 36.8. The van der Waals surface area contributed by atoms with Crippen LogP contribution >= 0.6 is 11.6 Å². The van der Waals surface area contributed by atoms with E-state index in [0.29, 0.717) is 29.2 Å². The van der Waals surface area contributed by atoms with Gasteiger partial charge in [0.1, 0.15) is 11.5 Å². The van der Waals surface area contributed by atoms with Gasteiger partial charge in [-0.2, -0.15) is 5.10 Å². The predicted molar refractivity (Wildman–Crippen MR) is 96.7 cm³/mol. The van der Waals surface area contributed by atoms with Gasteiger partial charge in [0, 0.05) is 36.1 Å². The third-order valence-corrected chi connectivity index (χ3v) is 4.37. The van der Waals surface area contributed by atoms with Gasteiger partial charge in [0.25, 0.3) is 5.91 Å². The van der Waals surface area contributed by atoms with E-state index in [1.807, 2.05) is 6.92 Å². The van der Waals surface area contributed by atoms with Crippen LogP contribution in [0.3, 0.4) is 0 Å². The van der Waals surface area contributed by atoms with Crippen molar-refractivity contribution < 1.29 is 23.0 Å². The first-order valence-electron chi connectivity index (χ1n) is 8.25. The second-order valence-electron chi connectivity index (χ2n) is 5.86. The highest BCUT2D eigenvalue weighted by Gasteiger charge is 2.43. The minimum absolute atomic E-state index is 0.116. The van der Waals surface area contributed by atoms with Gasteiger partial charge in [-0.25, -0.2) is 4.98 Å². The molecule has 7 nitrogen and oxygen atoms in total. The lowest BCUT2D eigenvalue weighted by Crippen LogP contribution is -2.25. The Balaban J connectivity index is 1.55. The van der Waals surface area contributed by atoms with E-state index >= 15 is 0 Å². The van der Waals surface area contributed by atoms with Crippen molar-refractivity contribution in [1.29, 1.82) is 0 Å². The number of amides is 1. The molecular weight excluding hydrogens is 394 g/mol. The minimum atomic E-state index is -3.72. The number of nitrogens with zero attached hydrogens (tertiary/aromatic N) is 3. The summed E-state index contributed by atoms with van der Waals surface area (Å²) in [4.78, 5) is 16.5. The van der Waals surface area contributed by atoms with Crippen molar-refractivity contribution >= 4 is 23.3 Å². The average molecular weight is 407 g/mol. The van der Waals surface area contributed by atoms with Crippen LogP contribution in [0.2, 0.25) is 5.02 Å². The molecule has 2 aromatic heterocycles. The Bertz CT molecular complexity index is 1050. The molecule has 0 spiro atoms. The number of halogens is 3. The molecule has 0 atom stereocenters. The molecule has 0 saturated carbocycles. The summed E-state index contributed by atoms with van der Waals surface area (Å²) >= 11 is 6.17. The van der Waals surface area contributed by atoms with Crippen LogP contribution in [0.1, 0.15) is 17.4 Å². The number of fused-ring (bicyclic) bond motifs is 1. The summed E-state index contributed by atoms with van der Waals surface area (Å²) in [6, 6.07) is 7.45. The van der Waals surface area contributed by atoms with Crippen LogP contribution < -0.4 is 14.8 Å². The molecule has 0 radical (unpaired) electrons. The summed E-state index contributed by atoms with van der Waals surface area (Å²) in [6.45, 7) is 2.44. The molecule has 4 rings (SSSR count). The van der Waals surface area contributed by atoms with E-state index in [4.69, 9.17) is 11.6 Å². The highest BCUT2D eigenvalue weighted by atomic mass is 35.5. The standard InChI is InChI=1S/C18H13ClF2N4O3/c1-2-25-13(5-6-23-25)17(26)24-16-4-3-10(9-22-16)11-7-14-15(8-12(11)19)28-18(20,21)27-14/h3-9H,2H2,1H3,(H,22,24,26). The maximum Gasteiger partial charge on any atom is 0.586 e. The van der Waals surface area contributed by atoms with E-state index in [1.165, 1.54) is 18.3 Å². The second-order valence-corrected chi connectivity index (χ2v) is 6.27. The first kappa shape index (κ1) is 18.2. The number of alkyl halides is 2. The van der Waals surface area contributed by atoms with Crippen molar-refractivity contribution in [3.63, 3.8) is 0 Å². The van der Waals surface area contributed by atoms with Crippen molar-refractivity contribution in [2.24, 2.45) is 0 Å². The number of pyridine rings is 1. The summed E-state index contributed by atoms with van der Waals surface area (Å²) in [7, 11) is 0. The van der Waals surface area contributed by atoms with E-state index in [9.17, 15) is 13.6 Å². The average Bonchev–Trinajstić information content (AvgIpc) is 3.24. The summed E-state index contributed by atoms with van der Waals surface area (Å²) in [6.07, 6.45) is -0.712. The molecule has 3 heterocycles. The van der Waals surface area contributed by atoms with Crippen LogP contribution in [-0.4, -0.2) is 27.0 Å². The van der Waals surface area contributed by atoms with Crippen LogP contribution in [-0.2, 0) is 6.54 Å². The number of carbonyl (C=O) groups excluding carboxylic acids is 1. The zero-order chi connectivity index (χ0) is 19.9. The summed E-state index contributed by atoms with van der Waals surface area (Å²) in [5.74, 6) is -0.276. The van der Waals surface area contributed by atoms with Crippen LogP contribution in [0.4, 0.5) is 14.6 Å². The van der Waals surface area contributed by atoms with Crippen molar-refractivity contribution in [2.75, 3.05) is 5.32 Å². The van der Waals surface area contributed by atoms with Gasteiger partial charge >= 0.3 is 6.29 Å². The molecule has 1 amide bonds. The quantitative estimate of drug-likeness (QED) is 0.702. The van der Waals surface area contributed by atoms with Crippen LogP contribution in [0.15, 0.2) is 42.7 Å². The monoisotopic (exact) mass is 406 g/mol. The number of ether oxygens (including phenoxy) is 2.